The fourth-order valence-corrected chi connectivity index (χ4v) is 3.08. The van der Waals surface area contributed by atoms with Crippen LogP contribution in [0, 0.1) is 0 Å². The van der Waals surface area contributed by atoms with Crippen molar-refractivity contribution in [2.24, 2.45) is 14.1 Å². The second kappa shape index (κ2) is 7.80. The zero-order chi connectivity index (χ0) is 20.4. The molecule has 2 aromatic heterocycles. The summed E-state index contributed by atoms with van der Waals surface area (Å²) < 4.78 is 2.33. The average Bonchev–Trinajstić information content (AvgIpc) is 2.69. The van der Waals surface area contributed by atoms with Crippen LogP contribution < -0.4 is 16.6 Å². The molecule has 1 N–H and O–H groups in total. The Bertz CT molecular complexity index is 1140. The maximum absolute atomic E-state index is 12.3. The molecule has 0 aliphatic carbocycles. The number of pyridine rings is 1. The van der Waals surface area contributed by atoms with Crippen LogP contribution in [-0.4, -0.2) is 20.0 Å². The molecular formula is C21H24N4O3. The Morgan fingerprint density at radius 1 is 1.11 bits per heavy atom. The lowest BCUT2D eigenvalue weighted by Crippen LogP contribution is -2.37. The quantitative estimate of drug-likeness (QED) is 0.736. The molecule has 146 valence electrons. The van der Waals surface area contributed by atoms with Gasteiger partial charge >= 0.3 is 5.69 Å². The molecule has 3 rings (SSSR count). The average molecular weight is 380 g/mol. The fraction of sp³-hybridized carbons (Fsp3) is 0.333. The van der Waals surface area contributed by atoms with Crippen LogP contribution in [0.4, 0.5) is 5.69 Å². The number of aromatic nitrogens is 3. The van der Waals surface area contributed by atoms with Crippen LogP contribution in [0.15, 0.2) is 46.1 Å². The lowest BCUT2D eigenvalue weighted by atomic mass is 10.0. The minimum absolute atomic E-state index is 0.157. The van der Waals surface area contributed by atoms with Crippen LogP contribution in [0.3, 0.4) is 0 Å². The maximum Gasteiger partial charge on any atom is 0.332 e. The number of carbonyl (C=O) groups excluding carboxylic acids is 1. The van der Waals surface area contributed by atoms with Crippen molar-refractivity contribution in [2.75, 3.05) is 5.32 Å². The first-order chi connectivity index (χ1) is 13.3. The molecule has 0 radical (unpaired) electrons. The molecule has 0 fully saturated rings. The normalized spacial score (nSPS) is 11.2. The van der Waals surface area contributed by atoms with Gasteiger partial charge in [-0.15, -0.1) is 0 Å². The number of anilines is 1. The highest BCUT2D eigenvalue weighted by atomic mass is 16.2. The smallest absolute Gasteiger partial charge is 0.325 e. The van der Waals surface area contributed by atoms with Crippen molar-refractivity contribution in [3.63, 3.8) is 0 Å². The Morgan fingerprint density at radius 2 is 1.79 bits per heavy atom. The molecule has 0 aliphatic heterocycles. The number of benzene rings is 1. The van der Waals surface area contributed by atoms with E-state index in [1.54, 1.807) is 13.1 Å². The van der Waals surface area contributed by atoms with Gasteiger partial charge in [-0.05, 0) is 29.5 Å². The minimum Gasteiger partial charge on any atom is -0.325 e. The number of hydrogen-bond acceptors (Lipinski definition) is 4. The van der Waals surface area contributed by atoms with Crippen molar-refractivity contribution in [3.8, 4) is 0 Å². The fourth-order valence-electron chi connectivity index (χ4n) is 3.08. The molecule has 0 bridgehead atoms. The third-order valence-electron chi connectivity index (χ3n) is 4.86. The summed E-state index contributed by atoms with van der Waals surface area (Å²) >= 11 is 0. The number of aryl methyl sites for hydroxylation is 2. The van der Waals surface area contributed by atoms with E-state index >= 15 is 0 Å². The molecule has 0 unspecified atom stereocenters. The first-order valence-corrected chi connectivity index (χ1v) is 9.22. The van der Waals surface area contributed by atoms with E-state index in [2.05, 4.69) is 36.3 Å². The summed E-state index contributed by atoms with van der Waals surface area (Å²) in [6.45, 7) is 4.29. The highest BCUT2D eigenvalue weighted by Gasteiger charge is 2.11. The third kappa shape index (κ3) is 3.88. The Morgan fingerprint density at radius 3 is 2.43 bits per heavy atom. The molecule has 1 amide bonds. The Labute approximate surface area is 162 Å². The molecule has 2 heterocycles. The van der Waals surface area contributed by atoms with E-state index in [1.807, 2.05) is 12.1 Å². The van der Waals surface area contributed by atoms with Gasteiger partial charge in [0.2, 0.25) is 5.91 Å². The van der Waals surface area contributed by atoms with E-state index in [1.165, 1.54) is 23.4 Å². The molecule has 0 atom stereocenters. The zero-order valence-corrected chi connectivity index (χ0v) is 16.5. The van der Waals surface area contributed by atoms with E-state index in [4.69, 9.17) is 0 Å². The number of fused-ring (bicyclic) bond motifs is 1. The van der Waals surface area contributed by atoms with E-state index < -0.39 is 11.2 Å². The summed E-state index contributed by atoms with van der Waals surface area (Å²) in [4.78, 5) is 40.8. The summed E-state index contributed by atoms with van der Waals surface area (Å²) in [6, 6.07) is 9.82. The van der Waals surface area contributed by atoms with Crippen LogP contribution in [0.5, 0.6) is 0 Å². The molecule has 0 spiro atoms. The van der Waals surface area contributed by atoms with E-state index in [0.717, 1.165) is 10.1 Å². The van der Waals surface area contributed by atoms with Gasteiger partial charge < -0.3 is 5.32 Å². The number of hydrogen-bond donors (Lipinski definition) is 1. The van der Waals surface area contributed by atoms with E-state index in [0.29, 0.717) is 24.4 Å². The molecule has 28 heavy (non-hydrogen) atoms. The van der Waals surface area contributed by atoms with Crippen molar-refractivity contribution in [1.82, 2.24) is 14.1 Å². The molecule has 1 aromatic carbocycles. The standard InChI is InChI=1S/C21H24N4O3/c1-13(2)15-8-5-14(6-9-15)7-10-18(26)23-16-11-17-19(22-12-16)24(3)21(28)25(4)20(17)27/h5-6,8-9,11-13H,7,10H2,1-4H3,(H,23,26). The highest BCUT2D eigenvalue weighted by molar-refractivity contribution is 5.92. The van der Waals surface area contributed by atoms with Crippen molar-refractivity contribution in [2.45, 2.75) is 32.6 Å². The number of amides is 1. The third-order valence-corrected chi connectivity index (χ3v) is 4.86. The van der Waals surface area contributed by atoms with Gasteiger partial charge in [0.05, 0.1) is 17.3 Å². The van der Waals surface area contributed by atoms with Gasteiger partial charge in [0.25, 0.3) is 5.56 Å². The zero-order valence-electron chi connectivity index (χ0n) is 16.5. The topological polar surface area (TPSA) is 86.0 Å². The van der Waals surface area contributed by atoms with E-state index in [-0.39, 0.29) is 16.9 Å². The molecule has 0 aliphatic rings. The summed E-state index contributed by atoms with van der Waals surface area (Å²) in [5, 5.41) is 3.06. The Balaban J connectivity index is 1.72. The Kier molecular flexibility index (Phi) is 5.44. The minimum atomic E-state index is -0.440. The van der Waals surface area contributed by atoms with Gasteiger partial charge in [0.1, 0.15) is 5.65 Å². The number of rotatable bonds is 5. The van der Waals surface area contributed by atoms with Gasteiger partial charge in [0.15, 0.2) is 0 Å². The van der Waals surface area contributed by atoms with Crippen LogP contribution in [0.25, 0.3) is 11.0 Å². The second-order valence-electron chi connectivity index (χ2n) is 7.25. The van der Waals surface area contributed by atoms with Crippen LogP contribution in [0.1, 0.15) is 37.3 Å². The van der Waals surface area contributed by atoms with Crippen LogP contribution >= 0.6 is 0 Å². The molecule has 0 saturated carbocycles. The van der Waals surface area contributed by atoms with Gasteiger partial charge in [-0.2, -0.15) is 0 Å². The molecule has 7 heteroatoms. The Hall–Kier alpha value is -3.22. The lowest BCUT2D eigenvalue weighted by Gasteiger charge is -2.10. The summed E-state index contributed by atoms with van der Waals surface area (Å²) in [7, 11) is 2.97. The summed E-state index contributed by atoms with van der Waals surface area (Å²) in [6.07, 6.45) is 2.41. The van der Waals surface area contributed by atoms with Crippen molar-refractivity contribution in [1.29, 1.82) is 0 Å². The van der Waals surface area contributed by atoms with E-state index in [9.17, 15) is 14.4 Å². The predicted octanol–water partition coefficient (Wildman–Crippen LogP) is 2.33. The SMILES string of the molecule is CC(C)c1ccc(CCC(=O)Nc2cnc3c(c2)c(=O)n(C)c(=O)n3C)cc1. The molecule has 7 nitrogen and oxygen atoms in total. The van der Waals surface area contributed by atoms with Crippen molar-refractivity contribution in [3.05, 3.63) is 68.5 Å². The van der Waals surface area contributed by atoms with Crippen LogP contribution in [0.2, 0.25) is 0 Å². The molecular weight excluding hydrogens is 356 g/mol. The predicted molar refractivity (Wildman–Crippen MR) is 110 cm³/mol. The highest BCUT2D eigenvalue weighted by Crippen LogP contribution is 2.16. The van der Waals surface area contributed by atoms with Gasteiger partial charge in [-0.1, -0.05) is 38.1 Å². The van der Waals surface area contributed by atoms with Gasteiger partial charge in [0, 0.05) is 20.5 Å². The number of nitrogens with zero attached hydrogens (tertiary/aromatic N) is 3. The number of nitrogens with one attached hydrogen (secondary N) is 1. The molecule has 0 saturated heterocycles. The maximum atomic E-state index is 12.3. The first-order valence-electron chi connectivity index (χ1n) is 9.22. The monoisotopic (exact) mass is 380 g/mol. The van der Waals surface area contributed by atoms with Gasteiger partial charge in [-0.3, -0.25) is 18.7 Å². The van der Waals surface area contributed by atoms with Crippen molar-refractivity contribution < 1.29 is 4.79 Å². The van der Waals surface area contributed by atoms with Gasteiger partial charge in [-0.25, -0.2) is 9.78 Å². The van der Waals surface area contributed by atoms with Crippen molar-refractivity contribution >= 4 is 22.6 Å². The molecule has 3 aromatic rings. The summed E-state index contributed by atoms with van der Waals surface area (Å²) in [5.41, 5.74) is 2.21. The first kappa shape index (κ1) is 19.5. The second-order valence-corrected chi connectivity index (χ2v) is 7.25. The lowest BCUT2D eigenvalue weighted by molar-refractivity contribution is -0.116. The largest absolute Gasteiger partial charge is 0.332 e. The summed E-state index contributed by atoms with van der Waals surface area (Å²) in [5.74, 6) is 0.320. The number of carbonyl (C=O) groups is 1. The van der Waals surface area contributed by atoms with Crippen LogP contribution in [-0.2, 0) is 25.3 Å².